The van der Waals surface area contributed by atoms with Crippen molar-refractivity contribution in [2.45, 2.75) is 72.6 Å². The second kappa shape index (κ2) is 16.4. The third kappa shape index (κ3) is 7.90. The number of fused-ring (bicyclic) bond motifs is 1. The number of hydrogen-bond donors (Lipinski definition) is 1. The van der Waals surface area contributed by atoms with Gasteiger partial charge in [-0.05, 0) is 43.9 Å². The first-order chi connectivity index (χ1) is 21.4. The van der Waals surface area contributed by atoms with Gasteiger partial charge in [-0.2, -0.15) is 0 Å². The second-order valence-corrected chi connectivity index (χ2v) is 9.76. The summed E-state index contributed by atoms with van der Waals surface area (Å²) in [5.74, 6) is 0.905. The van der Waals surface area contributed by atoms with E-state index >= 15 is 0 Å². The van der Waals surface area contributed by atoms with Gasteiger partial charge >= 0.3 is 0 Å². The molecule has 0 bridgehead atoms. The average Bonchev–Trinajstić information content (AvgIpc) is 3.72. The number of aryl methyl sites for hydroxylation is 2. The Morgan fingerprint density at radius 2 is 1.75 bits per heavy atom. The van der Waals surface area contributed by atoms with E-state index in [9.17, 15) is 9.90 Å². The van der Waals surface area contributed by atoms with Gasteiger partial charge in [-0.25, -0.2) is 15.0 Å². The van der Waals surface area contributed by atoms with E-state index < -0.39 is 0 Å². The molecule has 1 aliphatic rings. The molecule has 1 N–H and O–H groups in total. The number of hydrogen-bond acceptors (Lipinski definition) is 8. The van der Waals surface area contributed by atoms with Crippen molar-refractivity contribution in [3.8, 4) is 5.75 Å². The van der Waals surface area contributed by atoms with Crippen LogP contribution >= 0.6 is 0 Å². The molecule has 1 aliphatic heterocycles. The van der Waals surface area contributed by atoms with Crippen LogP contribution in [-0.2, 0) is 15.9 Å². The van der Waals surface area contributed by atoms with Crippen LogP contribution in [0.4, 0.5) is 0 Å². The first-order valence-corrected chi connectivity index (χ1v) is 15.1. The van der Waals surface area contributed by atoms with E-state index in [1.165, 1.54) is 6.33 Å². The summed E-state index contributed by atoms with van der Waals surface area (Å²) < 4.78 is 19.9. The maximum Gasteiger partial charge on any atom is 0.165 e. The number of nitrogens with zero attached hydrogens (tertiary/aromatic N) is 4. The standard InChI is InChI=1S/C31H32N4O5.2C2H6/c1-19-30-31(33-17-32-19)35(18-34-30)29-14-11-23(40-29)16-39-28-15-22(9-12-25(28)21(3)38-4)10-13-27(37)26-8-6-5-7-24(26)20(2)36;2*1-2/h5-9,12,15,17-18,23,29,36H,2-3,10-11,13-14,16H2,1,4H3;2*1-2H3. The zero-order valence-corrected chi connectivity index (χ0v) is 26.7. The lowest BCUT2D eigenvalue weighted by atomic mass is 9.97. The van der Waals surface area contributed by atoms with Gasteiger partial charge in [-0.15, -0.1) is 0 Å². The summed E-state index contributed by atoms with van der Waals surface area (Å²) in [5, 5.41) is 9.85. The number of ketones is 1. The number of aliphatic hydroxyl groups is 1. The van der Waals surface area contributed by atoms with Gasteiger partial charge in [0, 0.05) is 17.5 Å². The van der Waals surface area contributed by atoms with Crippen LogP contribution in [0.1, 0.15) is 85.9 Å². The number of aromatic nitrogens is 4. The molecule has 2 aromatic heterocycles. The summed E-state index contributed by atoms with van der Waals surface area (Å²) in [6.07, 6.45) is 5.38. The van der Waals surface area contributed by atoms with E-state index in [-0.39, 0.29) is 30.3 Å². The number of carbonyl (C=O) groups excluding carboxylic acids is 1. The van der Waals surface area contributed by atoms with Crippen LogP contribution in [0.3, 0.4) is 0 Å². The van der Waals surface area contributed by atoms with Gasteiger partial charge in [0.15, 0.2) is 11.4 Å². The minimum absolute atomic E-state index is 0.0727. The van der Waals surface area contributed by atoms with Crippen LogP contribution in [0.25, 0.3) is 22.7 Å². The zero-order valence-electron chi connectivity index (χ0n) is 26.7. The van der Waals surface area contributed by atoms with Crippen LogP contribution in [-0.4, -0.2) is 50.2 Å². The van der Waals surface area contributed by atoms with E-state index in [0.29, 0.717) is 35.7 Å². The number of aliphatic hydroxyl groups excluding tert-OH is 1. The van der Waals surface area contributed by atoms with Crippen molar-refractivity contribution < 1.29 is 24.1 Å². The highest BCUT2D eigenvalue weighted by molar-refractivity contribution is 6.00. The monoisotopic (exact) mass is 600 g/mol. The highest BCUT2D eigenvalue weighted by Gasteiger charge is 2.29. The van der Waals surface area contributed by atoms with Crippen LogP contribution in [0.15, 0.2) is 68.3 Å². The molecular formula is C35H44N4O5. The minimum atomic E-state index is -0.184. The van der Waals surface area contributed by atoms with Gasteiger partial charge in [-0.3, -0.25) is 9.36 Å². The molecule has 9 heteroatoms. The summed E-state index contributed by atoms with van der Waals surface area (Å²) >= 11 is 0. The molecule has 2 aromatic carbocycles. The minimum Gasteiger partial charge on any atom is -0.508 e. The van der Waals surface area contributed by atoms with Gasteiger partial charge in [0.05, 0.1) is 30.8 Å². The van der Waals surface area contributed by atoms with Gasteiger partial charge in [-0.1, -0.05) is 71.2 Å². The third-order valence-corrected chi connectivity index (χ3v) is 7.13. The molecule has 2 unspecified atom stereocenters. The number of rotatable bonds is 11. The van der Waals surface area contributed by atoms with E-state index in [4.69, 9.17) is 14.2 Å². The fourth-order valence-corrected chi connectivity index (χ4v) is 4.93. The Balaban J connectivity index is 0.00000127. The molecule has 4 aromatic rings. The van der Waals surface area contributed by atoms with Gasteiger partial charge in [0.2, 0.25) is 0 Å². The van der Waals surface area contributed by atoms with Gasteiger partial charge in [0.1, 0.15) is 41.9 Å². The molecule has 0 amide bonds. The fraction of sp³-hybridized carbons (Fsp3) is 0.371. The number of Topliss-reactive ketones (excluding diaryl/α,β-unsaturated/α-hetero) is 1. The first kappa shape index (κ1) is 34.0. The fourth-order valence-electron chi connectivity index (χ4n) is 4.93. The van der Waals surface area contributed by atoms with Crippen molar-refractivity contribution in [3.05, 3.63) is 96.2 Å². The van der Waals surface area contributed by atoms with Crippen molar-refractivity contribution in [2.75, 3.05) is 13.7 Å². The maximum atomic E-state index is 12.9. The van der Waals surface area contributed by atoms with E-state index in [2.05, 4.69) is 28.1 Å². The summed E-state index contributed by atoms with van der Waals surface area (Å²) in [7, 11) is 1.57. The van der Waals surface area contributed by atoms with Crippen LogP contribution in [0.5, 0.6) is 5.75 Å². The molecule has 234 valence electrons. The molecule has 0 spiro atoms. The quantitative estimate of drug-likeness (QED) is 0.137. The Bertz CT molecular complexity index is 1580. The van der Waals surface area contributed by atoms with Crippen LogP contribution in [0, 0.1) is 6.92 Å². The topological polar surface area (TPSA) is 109 Å². The van der Waals surface area contributed by atoms with E-state index in [1.54, 1.807) is 37.7 Å². The largest absolute Gasteiger partial charge is 0.508 e. The Hall–Kier alpha value is -4.50. The SMILES string of the molecule is C=C(OC)c1ccc(CCC(=O)c2ccccc2C(=C)O)cc1OCC1CCC(n2cnc3c(C)ncnc32)O1.CC.CC. The molecule has 9 nitrogen and oxygen atoms in total. The molecule has 0 radical (unpaired) electrons. The Labute approximate surface area is 260 Å². The first-order valence-electron chi connectivity index (χ1n) is 15.1. The molecular weight excluding hydrogens is 556 g/mol. The normalized spacial score (nSPS) is 15.4. The van der Waals surface area contributed by atoms with Crippen molar-refractivity contribution in [2.24, 2.45) is 0 Å². The van der Waals surface area contributed by atoms with Crippen LogP contribution in [0.2, 0.25) is 0 Å². The van der Waals surface area contributed by atoms with E-state index in [1.807, 2.05) is 57.4 Å². The zero-order chi connectivity index (χ0) is 32.2. The number of methoxy groups -OCH3 is 1. The van der Waals surface area contributed by atoms with Crippen molar-refractivity contribution in [1.29, 1.82) is 0 Å². The Morgan fingerprint density at radius 3 is 2.45 bits per heavy atom. The molecule has 44 heavy (non-hydrogen) atoms. The Morgan fingerprint density at radius 1 is 1.02 bits per heavy atom. The number of benzene rings is 2. The predicted octanol–water partition coefficient (Wildman–Crippen LogP) is 7.91. The van der Waals surface area contributed by atoms with Crippen LogP contribution < -0.4 is 4.74 Å². The lowest BCUT2D eigenvalue weighted by Crippen LogP contribution is -2.19. The lowest BCUT2D eigenvalue weighted by Gasteiger charge is -2.18. The third-order valence-electron chi connectivity index (χ3n) is 7.13. The molecule has 0 aliphatic carbocycles. The maximum absolute atomic E-state index is 12.9. The summed E-state index contributed by atoms with van der Waals surface area (Å²) in [6, 6.07) is 12.7. The summed E-state index contributed by atoms with van der Waals surface area (Å²) in [5.41, 5.74) is 4.93. The van der Waals surface area contributed by atoms with E-state index in [0.717, 1.165) is 40.8 Å². The molecule has 5 rings (SSSR count). The second-order valence-electron chi connectivity index (χ2n) is 9.76. The molecule has 0 saturated carbocycles. The van der Waals surface area contributed by atoms with Gasteiger partial charge < -0.3 is 19.3 Å². The lowest BCUT2D eigenvalue weighted by molar-refractivity contribution is -0.0159. The Kier molecular flexibility index (Phi) is 12.7. The molecule has 2 atom stereocenters. The average molecular weight is 601 g/mol. The highest BCUT2D eigenvalue weighted by Crippen LogP contribution is 2.33. The van der Waals surface area contributed by atoms with Crippen molar-refractivity contribution in [1.82, 2.24) is 19.5 Å². The number of imidazole rings is 1. The molecule has 3 heterocycles. The smallest absolute Gasteiger partial charge is 0.165 e. The van der Waals surface area contributed by atoms with Gasteiger partial charge in [0.25, 0.3) is 0 Å². The number of ether oxygens (including phenoxy) is 3. The summed E-state index contributed by atoms with van der Waals surface area (Å²) in [4.78, 5) is 26.0. The highest BCUT2D eigenvalue weighted by atomic mass is 16.6. The van der Waals surface area contributed by atoms with Crippen molar-refractivity contribution in [3.63, 3.8) is 0 Å². The molecule has 1 saturated heterocycles. The predicted molar refractivity (Wildman–Crippen MR) is 175 cm³/mol. The molecule has 1 fully saturated rings. The summed E-state index contributed by atoms with van der Waals surface area (Å²) in [6.45, 7) is 17.8. The van der Waals surface area contributed by atoms with Crippen molar-refractivity contribution >= 4 is 28.5 Å². The number of carbonyl (C=O) groups is 1.